The average Bonchev–Trinajstić information content (AvgIpc) is 3.27. The molecule has 0 aliphatic carbocycles. The highest BCUT2D eigenvalue weighted by molar-refractivity contribution is 5.87. The molecular formula is C51H83NO15. The highest BCUT2D eigenvalue weighted by Gasteiger charge is 2.53. The Hall–Kier alpha value is -3.61. The van der Waals surface area contributed by atoms with E-state index in [4.69, 9.17) is 43.6 Å². The second-order valence-corrected chi connectivity index (χ2v) is 19.1. The Bertz CT molecular complexity index is 1750. The monoisotopic (exact) mass is 950 g/mol. The predicted octanol–water partition coefficient (Wildman–Crippen LogP) is 6.73. The number of esters is 2. The molecule has 0 aromatic carbocycles. The van der Waals surface area contributed by atoms with Gasteiger partial charge in [-0.05, 0) is 59.0 Å². The zero-order valence-electron chi connectivity index (χ0n) is 42.2. The number of aliphatic hydroxyl groups is 4. The zero-order valence-corrected chi connectivity index (χ0v) is 42.2. The van der Waals surface area contributed by atoms with Gasteiger partial charge in [0.15, 0.2) is 18.2 Å². The Kier molecular flexibility index (Phi) is 23.2. The Labute approximate surface area is 398 Å². The number of nitrogens with two attached hydrogens (primary N) is 1. The van der Waals surface area contributed by atoms with Crippen LogP contribution in [0.3, 0.4) is 0 Å². The van der Waals surface area contributed by atoms with Gasteiger partial charge in [0.05, 0.1) is 43.7 Å². The van der Waals surface area contributed by atoms with Crippen molar-refractivity contribution >= 4 is 18.0 Å². The molecule has 6 N–H and O–H groups in total. The smallest absolute Gasteiger partial charge is 0.404 e. The third-order valence-electron chi connectivity index (χ3n) is 13.8. The Morgan fingerprint density at radius 1 is 1.04 bits per heavy atom. The number of unbranched alkanes of at least 4 members (excludes halogenated alkanes) is 1. The van der Waals surface area contributed by atoms with E-state index in [0.29, 0.717) is 24.8 Å². The summed E-state index contributed by atoms with van der Waals surface area (Å²) in [6, 6.07) is 0. The van der Waals surface area contributed by atoms with Gasteiger partial charge in [0.25, 0.3) is 0 Å². The van der Waals surface area contributed by atoms with Gasteiger partial charge in [-0.25, -0.2) is 9.59 Å². The van der Waals surface area contributed by atoms with E-state index in [9.17, 15) is 34.8 Å². The number of cyclic esters (lactones) is 1. The van der Waals surface area contributed by atoms with E-state index in [1.807, 2.05) is 60.6 Å². The molecule has 67 heavy (non-hydrogen) atoms. The summed E-state index contributed by atoms with van der Waals surface area (Å²) in [4.78, 5) is 38.7. The maximum atomic E-state index is 14.0. The number of hydrogen-bond donors (Lipinski definition) is 5. The van der Waals surface area contributed by atoms with Gasteiger partial charge in [-0.3, -0.25) is 4.79 Å². The molecular weight excluding hydrogens is 867 g/mol. The van der Waals surface area contributed by atoms with E-state index in [1.165, 1.54) is 20.3 Å². The third kappa shape index (κ3) is 16.0. The molecule has 18 atom stereocenters. The molecule has 3 rings (SSSR count). The molecule has 0 saturated carbocycles. The van der Waals surface area contributed by atoms with Gasteiger partial charge in [0, 0.05) is 56.0 Å². The fourth-order valence-electron chi connectivity index (χ4n) is 9.58. The van der Waals surface area contributed by atoms with Crippen molar-refractivity contribution in [3.8, 4) is 0 Å². The number of aliphatic hydroxyl groups excluding tert-OH is 3. The fraction of sp³-hybridized carbons (Fsp3) is 0.745. The second kappa shape index (κ2) is 27.0. The number of rotatable bonds is 15. The first kappa shape index (κ1) is 57.7. The van der Waals surface area contributed by atoms with Gasteiger partial charge in [-0.2, -0.15) is 0 Å². The summed E-state index contributed by atoms with van der Waals surface area (Å²) in [7, 11) is 2.81. The molecule has 3 heterocycles. The molecule has 0 spiro atoms. The van der Waals surface area contributed by atoms with Crippen molar-refractivity contribution < 1.29 is 72.7 Å². The van der Waals surface area contributed by atoms with Gasteiger partial charge in [-0.15, -0.1) is 0 Å². The Morgan fingerprint density at radius 3 is 2.33 bits per heavy atom. The molecule has 0 unspecified atom stereocenters. The molecule has 0 aromatic rings. The molecule has 2 fully saturated rings. The SMILES string of the molecule is C/C=C/[C@H]1O[C@@](O)([C@@H](C)[C@H](O)[C@H](C)[C@H]2OC(=O)/C(OC)=C/C(C)=C/[C@@H](C)[C@@H](O)[C@@H](CC)[C@@H](O)[C@H](C)C/C(C)=C/C=C/[C@@H]2OC)C[C@@H](O[C@H]2C[C@@H](OC(=O)CCCC)[C@H](OC(N)=O)[C@@H](C)O2)[C@@H]1C. The van der Waals surface area contributed by atoms with Crippen molar-refractivity contribution in [1.82, 2.24) is 0 Å². The largest absolute Gasteiger partial charge is 0.490 e. The molecule has 16 nitrogen and oxygen atoms in total. The number of primary amides is 1. The minimum absolute atomic E-state index is 0.00828. The van der Waals surface area contributed by atoms with E-state index in [1.54, 1.807) is 52.0 Å². The van der Waals surface area contributed by atoms with E-state index in [-0.39, 0.29) is 48.7 Å². The molecule has 2 saturated heterocycles. The van der Waals surface area contributed by atoms with Crippen molar-refractivity contribution in [1.29, 1.82) is 0 Å². The minimum atomic E-state index is -2.00. The number of allylic oxidation sites excluding steroid dienone is 6. The Morgan fingerprint density at radius 2 is 1.73 bits per heavy atom. The lowest BCUT2D eigenvalue weighted by atomic mass is 9.77. The van der Waals surface area contributed by atoms with Crippen LogP contribution < -0.4 is 5.73 Å². The van der Waals surface area contributed by atoms with Crippen LogP contribution in [0.2, 0.25) is 0 Å². The first-order valence-corrected chi connectivity index (χ1v) is 24.1. The quantitative estimate of drug-likeness (QED) is 0.0651. The lowest BCUT2D eigenvalue weighted by Crippen LogP contribution is -2.59. The molecule has 382 valence electrons. The van der Waals surface area contributed by atoms with Gasteiger partial charge < -0.3 is 64.1 Å². The molecule has 16 heteroatoms. The van der Waals surface area contributed by atoms with Crippen LogP contribution in [0.4, 0.5) is 4.79 Å². The van der Waals surface area contributed by atoms with Crippen LogP contribution >= 0.6 is 0 Å². The molecule has 3 aliphatic rings. The normalized spacial score (nSPS) is 39.4. The first-order chi connectivity index (χ1) is 31.5. The van der Waals surface area contributed by atoms with E-state index in [0.717, 1.165) is 12.0 Å². The van der Waals surface area contributed by atoms with E-state index < -0.39 is 103 Å². The minimum Gasteiger partial charge on any atom is -0.490 e. The summed E-state index contributed by atoms with van der Waals surface area (Å²) in [5.41, 5.74) is 6.95. The predicted molar refractivity (Wildman–Crippen MR) is 252 cm³/mol. The maximum Gasteiger partial charge on any atom is 0.404 e. The molecule has 0 radical (unpaired) electrons. The summed E-state index contributed by atoms with van der Waals surface area (Å²) >= 11 is 0. The molecule has 0 bridgehead atoms. The van der Waals surface area contributed by atoms with Gasteiger partial charge in [-0.1, -0.05) is 102 Å². The number of carbonyl (C=O) groups excluding carboxylic acids is 3. The lowest BCUT2D eigenvalue weighted by molar-refractivity contribution is -0.339. The van der Waals surface area contributed by atoms with Crippen molar-refractivity contribution in [3.05, 3.63) is 59.4 Å². The topological polar surface area (TPSA) is 232 Å². The van der Waals surface area contributed by atoms with Gasteiger partial charge in [0.2, 0.25) is 5.76 Å². The van der Waals surface area contributed by atoms with Crippen LogP contribution in [0.5, 0.6) is 0 Å². The van der Waals surface area contributed by atoms with Gasteiger partial charge >= 0.3 is 18.0 Å². The Balaban J connectivity index is 2.01. The van der Waals surface area contributed by atoms with Crippen molar-refractivity contribution in [2.45, 2.75) is 194 Å². The van der Waals surface area contributed by atoms with Crippen LogP contribution in [0.25, 0.3) is 0 Å². The van der Waals surface area contributed by atoms with Crippen molar-refractivity contribution in [2.75, 3.05) is 14.2 Å². The van der Waals surface area contributed by atoms with Crippen LogP contribution in [-0.4, -0.2) is 126 Å². The van der Waals surface area contributed by atoms with Crippen LogP contribution in [0, 0.1) is 35.5 Å². The molecule has 3 aliphatic heterocycles. The highest BCUT2D eigenvalue weighted by Crippen LogP contribution is 2.43. The van der Waals surface area contributed by atoms with E-state index in [2.05, 4.69) is 0 Å². The fourth-order valence-corrected chi connectivity index (χ4v) is 9.58. The summed E-state index contributed by atoms with van der Waals surface area (Å²) in [5, 5.41) is 47.6. The molecule has 0 aromatic heterocycles. The number of methoxy groups -OCH3 is 2. The number of ether oxygens (including phenoxy) is 8. The summed E-state index contributed by atoms with van der Waals surface area (Å²) in [5.74, 6) is -6.61. The number of hydrogen-bond acceptors (Lipinski definition) is 15. The van der Waals surface area contributed by atoms with Crippen LogP contribution in [0.15, 0.2) is 59.4 Å². The summed E-state index contributed by atoms with van der Waals surface area (Å²) < 4.78 is 48.0. The third-order valence-corrected chi connectivity index (χ3v) is 13.8. The lowest BCUT2D eigenvalue weighted by Gasteiger charge is -2.50. The standard InChI is InChI=1S/C51H83NO15/c1-14-17-22-42(53)63-39-26-43(62-35(11)48(39)66-50(52)58)64-41-27-51(59,67-37(19-15-2)32(41)8)34(10)46(56)33(9)47-38(60-12)21-18-20-28(4)23-30(6)44(54)36(16-3)45(55)31(7)24-29(5)25-40(61-13)49(57)65-47/h15,18-21,24-25,30-39,41,43-48,54-56,59H,14,16-17,22-23,26-27H2,1-13H3,(H2,52,58)/b19-15+,21-18+,28-20+,29-24+,40-25-/t30-,31-,32-,33+,34+,35-,36+,37-,38+,39-,41-,43+,44+,45-,46-,47-,48-,51-/m1/s1. The first-order valence-electron chi connectivity index (χ1n) is 24.1. The van der Waals surface area contributed by atoms with Crippen LogP contribution in [-0.2, 0) is 47.5 Å². The van der Waals surface area contributed by atoms with Crippen molar-refractivity contribution in [2.24, 2.45) is 41.2 Å². The zero-order chi connectivity index (χ0) is 50.3. The average molecular weight is 950 g/mol. The number of amides is 1. The highest BCUT2D eigenvalue weighted by atomic mass is 16.7. The number of carbonyl (C=O) groups is 3. The van der Waals surface area contributed by atoms with Gasteiger partial charge in [0.1, 0.15) is 18.3 Å². The van der Waals surface area contributed by atoms with E-state index >= 15 is 0 Å². The van der Waals surface area contributed by atoms with Crippen molar-refractivity contribution in [3.63, 3.8) is 0 Å². The molecule has 1 amide bonds. The second-order valence-electron chi connectivity index (χ2n) is 19.1. The summed E-state index contributed by atoms with van der Waals surface area (Å²) in [6.45, 7) is 20.2. The van der Waals surface area contributed by atoms with Crippen LogP contribution in [0.1, 0.15) is 121 Å². The maximum absolute atomic E-state index is 14.0. The summed E-state index contributed by atoms with van der Waals surface area (Å²) in [6.07, 6.45) is 3.78.